The van der Waals surface area contributed by atoms with E-state index in [1.165, 1.54) is 11.6 Å². The Bertz CT molecular complexity index is 740. The molecule has 1 saturated heterocycles. The Hall–Kier alpha value is -1.91. The standard InChI is InChI=1S/C22H27FN2O.ClH/c1-16(11-12-18-9-5-6-10-21(18)23)22(26)25-14-19(13-24)20(15-25)17-7-3-2-4-8-17;/h2-10,16,19-20H,11-15,24H2,1H3;1H/t16?,19-,20+;/m1./s1. The second-order valence-corrected chi connectivity index (χ2v) is 7.29. The summed E-state index contributed by atoms with van der Waals surface area (Å²) in [6.45, 7) is 3.94. The maximum atomic E-state index is 13.8. The van der Waals surface area contributed by atoms with E-state index in [1.54, 1.807) is 12.1 Å². The normalized spacial score (nSPS) is 20.2. The van der Waals surface area contributed by atoms with Crippen molar-refractivity contribution < 1.29 is 9.18 Å². The van der Waals surface area contributed by atoms with Gasteiger partial charge in [0.05, 0.1) is 0 Å². The lowest BCUT2D eigenvalue weighted by molar-refractivity contribution is -0.134. The number of likely N-dealkylation sites (tertiary alicyclic amines) is 1. The zero-order valence-electron chi connectivity index (χ0n) is 15.7. The molecule has 2 aromatic carbocycles. The summed E-state index contributed by atoms with van der Waals surface area (Å²) < 4.78 is 13.8. The van der Waals surface area contributed by atoms with Crippen molar-refractivity contribution >= 4 is 18.3 Å². The molecule has 2 aromatic rings. The number of carbonyl (C=O) groups excluding carboxylic acids is 1. The quantitative estimate of drug-likeness (QED) is 0.809. The first-order chi connectivity index (χ1) is 12.6. The SMILES string of the molecule is CC(CCc1ccccc1F)C(=O)N1C[C@@H](CN)[C@H](c2ccccc2)C1.Cl. The molecule has 5 heteroatoms. The molecule has 1 unspecified atom stereocenters. The van der Waals surface area contributed by atoms with E-state index in [4.69, 9.17) is 5.73 Å². The van der Waals surface area contributed by atoms with Gasteiger partial charge in [-0.1, -0.05) is 55.5 Å². The molecule has 3 rings (SSSR count). The first kappa shape index (κ1) is 21.4. The van der Waals surface area contributed by atoms with Crippen LogP contribution in [0.4, 0.5) is 4.39 Å². The van der Waals surface area contributed by atoms with Gasteiger partial charge in [0, 0.05) is 24.9 Å². The van der Waals surface area contributed by atoms with Crippen LogP contribution in [-0.2, 0) is 11.2 Å². The van der Waals surface area contributed by atoms with Crippen molar-refractivity contribution in [1.29, 1.82) is 0 Å². The molecule has 27 heavy (non-hydrogen) atoms. The predicted octanol–water partition coefficient (Wildman–Crippen LogP) is 4.02. The third-order valence-electron chi connectivity index (χ3n) is 5.51. The summed E-state index contributed by atoms with van der Waals surface area (Å²) in [5.41, 5.74) is 7.90. The minimum atomic E-state index is -0.194. The minimum absolute atomic E-state index is 0. The maximum absolute atomic E-state index is 13.8. The highest BCUT2D eigenvalue weighted by atomic mass is 35.5. The second kappa shape index (κ2) is 9.86. The van der Waals surface area contributed by atoms with Gasteiger partial charge >= 0.3 is 0 Å². The number of rotatable bonds is 6. The van der Waals surface area contributed by atoms with Crippen LogP contribution in [0.15, 0.2) is 54.6 Å². The molecular formula is C22H28ClFN2O. The van der Waals surface area contributed by atoms with Gasteiger partial charge in [-0.3, -0.25) is 4.79 Å². The van der Waals surface area contributed by atoms with Gasteiger partial charge in [0.15, 0.2) is 0 Å². The van der Waals surface area contributed by atoms with E-state index in [-0.39, 0.29) is 30.0 Å². The number of benzene rings is 2. The molecule has 0 saturated carbocycles. The number of nitrogens with zero attached hydrogens (tertiary/aromatic N) is 1. The monoisotopic (exact) mass is 390 g/mol. The lowest BCUT2D eigenvalue weighted by Crippen LogP contribution is -2.34. The second-order valence-electron chi connectivity index (χ2n) is 7.29. The first-order valence-electron chi connectivity index (χ1n) is 9.37. The topological polar surface area (TPSA) is 46.3 Å². The summed E-state index contributed by atoms with van der Waals surface area (Å²) in [5, 5.41) is 0. The Balaban J connectivity index is 0.00000261. The molecule has 1 aliphatic heterocycles. The zero-order chi connectivity index (χ0) is 18.5. The zero-order valence-corrected chi connectivity index (χ0v) is 16.5. The van der Waals surface area contributed by atoms with Gasteiger partial charge in [-0.25, -0.2) is 4.39 Å². The smallest absolute Gasteiger partial charge is 0.225 e. The van der Waals surface area contributed by atoms with Crippen LogP contribution in [-0.4, -0.2) is 30.4 Å². The molecule has 0 bridgehead atoms. The molecule has 0 spiro atoms. The summed E-state index contributed by atoms with van der Waals surface area (Å²) in [6, 6.07) is 17.1. The Morgan fingerprint density at radius 2 is 1.81 bits per heavy atom. The molecule has 1 aliphatic rings. The Morgan fingerprint density at radius 1 is 1.15 bits per heavy atom. The van der Waals surface area contributed by atoms with Crippen molar-refractivity contribution in [3.63, 3.8) is 0 Å². The molecule has 2 N–H and O–H groups in total. The molecule has 1 fully saturated rings. The number of hydrogen-bond acceptors (Lipinski definition) is 2. The molecular weight excluding hydrogens is 363 g/mol. The lowest BCUT2D eigenvalue weighted by Gasteiger charge is -2.21. The molecule has 0 aromatic heterocycles. The molecule has 146 valence electrons. The van der Waals surface area contributed by atoms with Gasteiger partial charge in [-0.2, -0.15) is 0 Å². The third-order valence-corrected chi connectivity index (χ3v) is 5.51. The van der Waals surface area contributed by atoms with Gasteiger partial charge in [-0.15, -0.1) is 12.4 Å². The van der Waals surface area contributed by atoms with Crippen LogP contribution in [0, 0.1) is 17.7 Å². The van der Waals surface area contributed by atoms with Crippen LogP contribution < -0.4 is 5.73 Å². The van der Waals surface area contributed by atoms with Crippen molar-refractivity contribution in [1.82, 2.24) is 4.90 Å². The molecule has 0 aliphatic carbocycles. The van der Waals surface area contributed by atoms with Crippen LogP contribution in [0.1, 0.15) is 30.4 Å². The van der Waals surface area contributed by atoms with E-state index in [2.05, 4.69) is 12.1 Å². The molecule has 0 radical (unpaired) electrons. The van der Waals surface area contributed by atoms with Gasteiger partial charge < -0.3 is 10.6 Å². The van der Waals surface area contributed by atoms with Gasteiger partial charge in [0.2, 0.25) is 5.91 Å². The Morgan fingerprint density at radius 3 is 2.48 bits per heavy atom. The number of nitrogens with two attached hydrogens (primary N) is 1. The van der Waals surface area contributed by atoms with Crippen molar-refractivity contribution in [3.05, 3.63) is 71.5 Å². The molecule has 3 nitrogen and oxygen atoms in total. The van der Waals surface area contributed by atoms with Crippen molar-refractivity contribution in [2.75, 3.05) is 19.6 Å². The average molecular weight is 391 g/mol. The highest BCUT2D eigenvalue weighted by Gasteiger charge is 2.36. The van der Waals surface area contributed by atoms with E-state index in [0.29, 0.717) is 43.3 Å². The number of amides is 1. The summed E-state index contributed by atoms with van der Waals surface area (Å²) in [4.78, 5) is 14.8. The summed E-state index contributed by atoms with van der Waals surface area (Å²) in [5.74, 6) is 0.422. The predicted molar refractivity (Wildman–Crippen MR) is 109 cm³/mol. The van der Waals surface area contributed by atoms with E-state index >= 15 is 0 Å². The first-order valence-corrected chi connectivity index (χ1v) is 9.37. The number of aryl methyl sites for hydroxylation is 1. The van der Waals surface area contributed by atoms with E-state index in [0.717, 1.165) is 6.54 Å². The average Bonchev–Trinajstić information content (AvgIpc) is 3.11. The van der Waals surface area contributed by atoms with Crippen molar-refractivity contribution in [3.8, 4) is 0 Å². The fraction of sp³-hybridized carbons (Fsp3) is 0.409. The Labute approximate surface area is 167 Å². The van der Waals surface area contributed by atoms with E-state index in [9.17, 15) is 9.18 Å². The fourth-order valence-corrected chi connectivity index (χ4v) is 3.88. The molecule has 1 amide bonds. The summed E-state index contributed by atoms with van der Waals surface area (Å²) >= 11 is 0. The van der Waals surface area contributed by atoms with Crippen LogP contribution in [0.25, 0.3) is 0 Å². The highest BCUT2D eigenvalue weighted by Crippen LogP contribution is 2.33. The number of hydrogen-bond donors (Lipinski definition) is 1. The molecule has 1 heterocycles. The van der Waals surface area contributed by atoms with Crippen LogP contribution in [0.5, 0.6) is 0 Å². The van der Waals surface area contributed by atoms with Crippen LogP contribution >= 0.6 is 12.4 Å². The van der Waals surface area contributed by atoms with Crippen molar-refractivity contribution in [2.24, 2.45) is 17.6 Å². The van der Waals surface area contributed by atoms with Crippen LogP contribution in [0.3, 0.4) is 0 Å². The fourth-order valence-electron chi connectivity index (χ4n) is 3.88. The van der Waals surface area contributed by atoms with Crippen LogP contribution in [0.2, 0.25) is 0 Å². The summed E-state index contributed by atoms with van der Waals surface area (Å²) in [6.07, 6.45) is 1.23. The maximum Gasteiger partial charge on any atom is 0.225 e. The van der Waals surface area contributed by atoms with Crippen molar-refractivity contribution in [2.45, 2.75) is 25.7 Å². The van der Waals surface area contributed by atoms with Gasteiger partial charge in [-0.05, 0) is 42.5 Å². The Kier molecular flexibility index (Phi) is 7.81. The minimum Gasteiger partial charge on any atom is -0.341 e. The number of halogens is 2. The third kappa shape index (κ3) is 5.08. The summed E-state index contributed by atoms with van der Waals surface area (Å²) in [7, 11) is 0. The van der Waals surface area contributed by atoms with Gasteiger partial charge in [0.1, 0.15) is 5.82 Å². The number of carbonyl (C=O) groups is 1. The van der Waals surface area contributed by atoms with Gasteiger partial charge in [0.25, 0.3) is 0 Å². The van der Waals surface area contributed by atoms with E-state index in [1.807, 2.05) is 36.1 Å². The molecule has 3 atom stereocenters. The largest absolute Gasteiger partial charge is 0.341 e. The highest BCUT2D eigenvalue weighted by molar-refractivity contribution is 5.85. The lowest BCUT2D eigenvalue weighted by atomic mass is 9.89. The van der Waals surface area contributed by atoms with E-state index < -0.39 is 0 Å².